The molecule has 1 aliphatic rings. The molecule has 0 radical (unpaired) electrons. The van der Waals surface area contributed by atoms with E-state index in [1.54, 1.807) is 0 Å². The van der Waals surface area contributed by atoms with Crippen LogP contribution in [0.5, 0.6) is 0 Å². The van der Waals surface area contributed by atoms with Crippen molar-refractivity contribution in [1.29, 1.82) is 0 Å². The van der Waals surface area contributed by atoms with Crippen LogP contribution in [0.3, 0.4) is 0 Å². The first-order chi connectivity index (χ1) is 9.99. The molecule has 1 rings (SSSR count). The van der Waals surface area contributed by atoms with Crippen molar-refractivity contribution in [2.24, 2.45) is 0 Å². The highest BCUT2D eigenvalue weighted by Gasteiger charge is 2.32. The van der Waals surface area contributed by atoms with Crippen molar-refractivity contribution in [2.45, 2.75) is 109 Å². The van der Waals surface area contributed by atoms with Gasteiger partial charge in [0.2, 0.25) is 0 Å². The van der Waals surface area contributed by atoms with E-state index in [1.165, 1.54) is 38.5 Å². The van der Waals surface area contributed by atoms with Gasteiger partial charge in [-0.25, -0.2) is 0 Å². The summed E-state index contributed by atoms with van der Waals surface area (Å²) in [7, 11) is 0. The molecule has 1 fully saturated rings. The number of unbranched alkanes of at least 4 members (excludes halogenated alkanes) is 4. The average molecular weight is 301 g/mol. The fourth-order valence-corrected chi connectivity index (χ4v) is 3.26. The molecule has 4 nitrogen and oxygen atoms in total. The van der Waals surface area contributed by atoms with Crippen LogP contribution in [0.15, 0.2) is 0 Å². The van der Waals surface area contributed by atoms with Gasteiger partial charge < -0.3 is 20.3 Å². The molecule has 1 saturated heterocycles. The Morgan fingerprint density at radius 1 is 0.952 bits per heavy atom. The molecule has 126 valence electrons. The zero-order valence-corrected chi connectivity index (χ0v) is 14.1. The predicted octanol–water partition coefficient (Wildman–Crippen LogP) is 3.31. The van der Waals surface area contributed by atoms with E-state index in [0.717, 1.165) is 12.8 Å². The van der Waals surface area contributed by atoms with Gasteiger partial charge in [-0.2, -0.15) is 0 Å². The lowest BCUT2D eigenvalue weighted by atomic mass is 9.87. The van der Waals surface area contributed by atoms with Crippen molar-refractivity contribution in [1.82, 2.24) is 5.32 Å². The van der Waals surface area contributed by atoms with E-state index >= 15 is 0 Å². The third-order valence-corrected chi connectivity index (χ3v) is 4.50. The van der Waals surface area contributed by atoms with Crippen LogP contribution in [0, 0.1) is 0 Å². The third kappa shape index (κ3) is 7.59. The molecule has 21 heavy (non-hydrogen) atoms. The van der Waals surface area contributed by atoms with Crippen LogP contribution in [0.4, 0.5) is 0 Å². The summed E-state index contributed by atoms with van der Waals surface area (Å²) in [5, 5.41) is 23.0. The second-order valence-corrected chi connectivity index (χ2v) is 6.83. The normalized spacial score (nSPS) is 29.3. The number of hydrogen-bond donors (Lipinski definition) is 3. The second kappa shape index (κ2) is 9.78. The minimum absolute atomic E-state index is 0.102. The van der Waals surface area contributed by atoms with Gasteiger partial charge in [-0.3, -0.25) is 0 Å². The van der Waals surface area contributed by atoms with Crippen molar-refractivity contribution >= 4 is 0 Å². The largest absolute Gasteiger partial charge is 0.368 e. The smallest absolute Gasteiger partial charge is 0.159 e. The molecular weight excluding hydrogens is 266 g/mol. The highest BCUT2D eigenvalue weighted by molar-refractivity contribution is 4.88. The molecular formula is C17H35NO3. The second-order valence-electron chi connectivity index (χ2n) is 6.83. The lowest BCUT2D eigenvalue weighted by Crippen LogP contribution is -2.52. The van der Waals surface area contributed by atoms with Crippen LogP contribution in [-0.2, 0) is 4.74 Å². The molecule has 0 amide bonds. The van der Waals surface area contributed by atoms with Gasteiger partial charge in [0.05, 0.1) is 0 Å². The third-order valence-electron chi connectivity index (χ3n) is 4.50. The van der Waals surface area contributed by atoms with Crippen molar-refractivity contribution in [3.8, 4) is 0 Å². The summed E-state index contributed by atoms with van der Waals surface area (Å²) in [4.78, 5) is 0. The Morgan fingerprint density at radius 3 is 2.10 bits per heavy atom. The predicted molar refractivity (Wildman–Crippen MR) is 85.9 cm³/mol. The van der Waals surface area contributed by atoms with Gasteiger partial charge in [-0.1, -0.05) is 52.4 Å². The minimum Gasteiger partial charge on any atom is -0.368 e. The van der Waals surface area contributed by atoms with Gasteiger partial charge in [-0.15, -0.1) is 0 Å². The highest BCUT2D eigenvalue weighted by Crippen LogP contribution is 2.26. The Morgan fingerprint density at radius 2 is 1.52 bits per heavy atom. The van der Waals surface area contributed by atoms with Gasteiger partial charge in [0.1, 0.15) is 0 Å². The van der Waals surface area contributed by atoms with Crippen molar-refractivity contribution in [3.05, 3.63) is 0 Å². The summed E-state index contributed by atoms with van der Waals surface area (Å²) in [5.41, 5.74) is 0.102. The first kappa shape index (κ1) is 18.9. The number of aliphatic hydroxyl groups excluding tert-OH is 2. The molecule has 0 saturated carbocycles. The molecule has 0 aromatic carbocycles. The molecule has 0 aromatic heterocycles. The Labute approximate surface area is 130 Å². The first-order valence-corrected chi connectivity index (χ1v) is 8.78. The monoisotopic (exact) mass is 301 g/mol. The van der Waals surface area contributed by atoms with Crippen LogP contribution in [0.2, 0.25) is 0 Å². The molecule has 0 aromatic rings. The van der Waals surface area contributed by atoms with E-state index in [-0.39, 0.29) is 11.6 Å². The Bertz CT molecular complexity index is 265. The number of ether oxygens (including phenoxy) is 1. The number of aliphatic hydroxyl groups is 2. The van der Waals surface area contributed by atoms with Crippen LogP contribution in [0.25, 0.3) is 0 Å². The molecule has 0 bridgehead atoms. The molecule has 0 aliphatic carbocycles. The molecule has 3 N–H and O–H groups in total. The van der Waals surface area contributed by atoms with Gasteiger partial charge in [0.15, 0.2) is 12.6 Å². The number of rotatable bonds is 10. The van der Waals surface area contributed by atoms with Gasteiger partial charge in [-0.05, 0) is 19.8 Å². The topological polar surface area (TPSA) is 61.7 Å². The van der Waals surface area contributed by atoms with Crippen LogP contribution < -0.4 is 5.32 Å². The van der Waals surface area contributed by atoms with Crippen molar-refractivity contribution in [2.75, 3.05) is 0 Å². The Kier molecular flexibility index (Phi) is 8.79. The summed E-state index contributed by atoms with van der Waals surface area (Å²) in [6.45, 7) is 6.75. The number of hydrogen-bond acceptors (Lipinski definition) is 4. The van der Waals surface area contributed by atoms with Crippen LogP contribution in [-0.4, -0.2) is 34.4 Å². The van der Waals surface area contributed by atoms with E-state index in [0.29, 0.717) is 12.8 Å². The van der Waals surface area contributed by atoms with Crippen molar-refractivity contribution in [3.63, 3.8) is 0 Å². The Balaban J connectivity index is 2.50. The van der Waals surface area contributed by atoms with Gasteiger partial charge in [0.25, 0.3) is 0 Å². The van der Waals surface area contributed by atoms with Crippen molar-refractivity contribution < 1.29 is 14.9 Å². The Hall–Kier alpha value is -0.160. The van der Waals surface area contributed by atoms with Gasteiger partial charge >= 0.3 is 0 Å². The highest BCUT2D eigenvalue weighted by atomic mass is 16.7. The molecule has 4 heteroatoms. The van der Waals surface area contributed by atoms with Crippen LogP contribution in [0.1, 0.15) is 85.0 Å². The average Bonchev–Trinajstić information content (AvgIpc) is 2.40. The van der Waals surface area contributed by atoms with Crippen LogP contribution >= 0.6 is 0 Å². The SMILES string of the molecule is CCCCCCC(C)(CCCC)NC1CC(O)OC(O)C1. The first-order valence-electron chi connectivity index (χ1n) is 8.78. The lowest BCUT2D eigenvalue weighted by Gasteiger charge is -2.39. The van der Waals surface area contributed by atoms with E-state index in [2.05, 4.69) is 26.1 Å². The summed E-state index contributed by atoms with van der Waals surface area (Å²) >= 11 is 0. The molecule has 3 atom stereocenters. The zero-order valence-electron chi connectivity index (χ0n) is 14.1. The van der Waals surface area contributed by atoms with Gasteiger partial charge in [0, 0.05) is 24.4 Å². The zero-order chi connectivity index (χ0) is 15.7. The fourth-order valence-electron chi connectivity index (χ4n) is 3.26. The quantitative estimate of drug-likeness (QED) is 0.542. The molecule has 0 spiro atoms. The summed E-state index contributed by atoms with van der Waals surface area (Å²) < 4.78 is 5.00. The van der Waals surface area contributed by atoms with E-state index in [1.807, 2.05) is 0 Å². The maximum atomic E-state index is 9.65. The lowest BCUT2D eigenvalue weighted by molar-refractivity contribution is -0.238. The maximum absolute atomic E-state index is 9.65. The molecule has 1 heterocycles. The minimum atomic E-state index is -0.846. The van der Waals surface area contributed by atoms with E-state index < -0.39 is 12.6 Å². The standard InChI is InChI=1S/C17H35NO3/c1-4-6-8-9-11-17(3,10-7-5-2)18-14-12-15(19)21-16(20)13-14/h14-16,18-20H,4-13H2,1-3H3. The molecule has 3 unspecified atom stereocenters. The summed E-state index contributed by atoms with van der Waals surface area (Å²) in [5.74, 6) is 0. The fraction of sp³-hybridized carbons (Fsp3) is 1.00. The maximum Gasteiger partial charge on any atom is 0.159 e. The summed E-state index contributed by atoms with van der Waals surface area (Å²) in [6, 6.07) is 0.136. The van der Waals surface area contributed by atoms with E-state index in [4.69, 9.17) is 4.74 Å². The van der Waals surface area contributed by atoms with E-state index in [9.17, 15) is 10.2 Å². The molecule has 1 aliphatic heterocycles. The summed E-state index contributed by atoms with van der Waals surface area (Å²) in [6.07, 6.45) is 9.27. The number of nitrogens with one attached hydrogen (secondary N) is 1.